The van der Waals surface area contributed by atoms with Crippen LogP contribution < -0.4 is 5.32 Å². The Morgan fingerprint density at radius 2 is 2.50 bits per heavy atom. The molecule has 0 unspecified atom stereocenters. The molecule has 92 valence electrons. The zero-order valence-corrected chi connectivity index (χ0v) is 10.4. The van der Waals surface area contributed by atoms with E-state index < -0.39 is 0 Å². The third kappa shape index (κ3) is 2.00. The first-order chi connectivity index (χ1) is 8.72. The molecule has 1 N–H and O–H groups in total. The van der Waals surface area contributed by atoms with Gasteiger partial charge in [-0.2, -0.15) is 5.10 Å². The fraction of sp³-hybridized carbons (Fsp3) is 0.182. The molecule has 0 bridgehead atoms. The van der Waals surface area contributed by atoms with E-state index in [1.807, 2.05) is 6.92 Å². The monoisotopic (exact) mass is 262 g/mol. The predicted octanol–water partition coefficient (Wildman–Crippen LogP) is 1.62. The van der Waals surface area contributed by atoms with Crippen LogP contribution in [-0.2, 0) is 6.54 Å². The second-order valence-electron chi connectivity index (χ2n) is 3.74. The number of nitrogens with zero attached hydrogens (tertiary/aromatic N) is 3. The number of rotatable bonds is 3. The first kappa shape index (κ1) is 11.0. The van der Waals surface area contributed by atoms with Gasteiger partial charge in [-0.15, -0.1) is 0 Å². The van der Waals surface area contributed by atoms with Crippen LogP contribution >= 0.6 is 11.3 Å². The van der Waals surface area contributed by atoms with Crippen LogP contribution in [0.5, 0.6) is 0 Å². The lowest BCUT2D eigenvalue weighted by atomic mass is 10.4. The Morgan fingerprint density at radius 3 is 3.22 bits per heavy atom. The minimum atomic E-state index is -0.234. The van der Waals surface area contributed by atoms with Crippen molar-refractivity contribution in [2.75, 3.05) is 0 Å². The van der Waals surface area contributed by atoms with E-state index in [0.29, 0.717) is 18.0 Å². The number of aryl methyl sites for hydroxylation is 1. The third-order valence-corrected chi connectivity index (χ3v) is 3.22. The topological polar surface area (TPSA) is 72.4 Å². The van der Waals surface area contributed by atoms with E-state index >= 15 is 0 Å². The summed E-state index contributed by atoms with van der Waals surface area (Å²) in [6.45, 7) is 2.25. The summed E-state index contributed by atoms with van der Waals surface area (Å²) in [6, 6.07) is 3.58. The van der Waals surface area contributed by atoms with Crippen molar-refractivity contribution < 1.29 is 9.21 Å². The molecule has 0 spiro atoms. The maximum Gasteiger partial charge on any atom is 0.271 e. The van der Waals surface area contributed by atoms with Gasteiger partial charge in [-0.1, -0.05) is 11.3 Å². The maximum atomic E-state index is 11.8. The number of imidazole rings is 1. The average molecular weight is 262 g/mol. The summed E-state index contributed by atoms with van der Waals surface area (Å²) in [5.41, 5.74) is 0.361. The molecule has 7 heteroatoms. The number of hydrogen-bond donors (Lipinski definition) is 1. The van der Waals surface area contributed by atoms with E-state index in [1.165, 1.54) is 11.3 Å². The molecule has 0 aromatic carbocycles. The van der Waals surface area contributed by atoms with E-state index in [0.717, 1.165) is 9.97 Å². The van der Waals surface area contributed by atoms with Crippen LogP contribution in [0.4, 0.5) is 0 Å². The average Bonchev–Trinajstić information content (AvgIpc) is 3.00. The molecular weight excluding hydrogens is 252 g/mol. The smallest absolute Gasteiger partial charge is 0.271 e. The zero-order chi connectivity index (χ0) is 12.5. The van der Waals surface area contributed by atoms with Crippen molar-refractivity contribution in [3.8, 4) is 0 Å². The second-order valence-corrected chi connectivity index (χ2v) is 4.90. The van der Waals surface area contributed by atoms with Crippen molar-refractivity contribution in [2.45, 2.75) is 13.5 Å². The first-order valence-electron chi connectivity index (χ1n) is 5.36. The van der Waals surface area contributed by atoms with Crippen molar-refractivity contribution in [1.82, 2.24) is 19.9 Å². The van der Waals surface area contributed by atoms with Crippen LogP contribution in [0.2, 0.25) is 0 Å². The van der Waals surface area contributed by atoms with E-state index in [9.17, 15) is 4.79 Å². The molecule has 3 heterocycles. The molecule has 18 heavy (non-hydrogen) atoms. The Morgan fingerprint density at radius 1 is 1.61 bits per heavy atom. The summed E-state index contributed by atoms with van der Waals surface area (Å²) in [5.74, 6) is 0.472. The zero-order valence-electron chi connectivity index (χ0n) is 9.58. The van der Waals surface area contributed by atoms with Gasteiger partial charge in [-0.3, -0.25) is 4.79 Å². The Kier molecular flexibility index (Phi) is 2.60. The number of hydrogen-bond acceptors (Lipinski definition) is 5. The standard InChI is InChI=1S/C11H10N4O2S/c1-7-14-15-6-9(13-11(15)18-7)10(16)12-5-8-3-2-4-17-8/h2-4,6H,5H2,1H3,(H,12,16). The highest BCUT2D eigenvalue weighted by molar-refractivity contribution is 7.16. The number of amides is 1. The minimum Gasteiger partial charge on any atom is -0.467 e. The fourth-order valence-corrected chi connectivity index (χ4v) is 2.30. The SMILES string of the molecule is Cc1nn2cc(C(=O)NCc3ccco3)nc2s1. The largest absolute Gasteiger partial charge is 0.467 e. The molecule has 0 aliphatic rings. The summed E-state index contributed by atoms with van der Waals surface area (Å²) in [7, 11) is 0. The number of furan rings is 1. The maximum absolute atomic E-state index is 11.8. The van der Waals surface area contributed by atoms with Gasteiger partial charge in [0.15, 0.2) is 0 Å². The molecule has 0 radical (unpaired) electrons. The third-order valence-electron chi connectivity index (χ3n) is 2.38. The first-order valence-corrected chi connectivity index (χ1v) is 6.17. The fourth-order valence-electron chi connectivity index (χ4n) is 1.58. The molecule has 0 saturated heterocycles. The van der Waals surface area contributed by atoms with Gasteiger partial charge >= 0.3 is 0 Å². The Labute approximate surface area is 106 Å². The Hall–Kier alpha value is -2.15. The van der Waals surface area contributed by atoms with Gasteiger partial charge in [0.2, 0.25) is 4.96 Å². The summed E-state index contributed by atoms with van der Waals surface area (Å²) in [6.07, 6.45) is 3.19. The van der Waals surface area contributed by atoms with Crippen LogP contribution in [0.3, 0.4) is 0 Å². The van der Waals surface area contributed by atoms with Crippen molar-refractivity contribution >= 4 is 22.2 Å². The van der Waals surface area contributed by atoms with Crippen LogP contribution in [0.15, 0.2) is 29.0 Å². The summed E-state index contributed by atoms with van der Waals surface area (Å²) < 4.78 is 6.74. The lowest BCUT2D eigenvalue weighted by Crippen LogP contribution is -2.22. The van der Waals surface area contributed by atoms with Gasteiger partial charge in [-0.05, 0) is 19.1 Å². The Balaban J connectivity index is 1.73. The number of nitrogens with one attached hydrogen (secondary N) is 1. The van der Waals surface area contributed by atoms with Crippen LogP contribution in [0, 0.1) is 6.92 Å². The van der Waals surface area contributed by atoms with Crippen LogP contribution in [-0.4, -0.2) is 20.5 Å². The molecule has 0 fully saturated rings. The molecular formula is C11H10N4O2S. The molecule has 0 saturated carbocycles. The molecule has 1 amide bonds. The highest BCUT2D eigenvalue weighted by Gasteiger charge is 2.13. The number of fused-ring (bicyclic) bond motifs is 1. The van der Waals surface area contributed by atoms with Crippen molar-refractivity contribution in [3.63, 3.8) is 0 Å². The highest BCUT2D eigenvalue weighted by atomic mass is 32.1. The van der Waals surface area contributed by atoms with Gasteiger partial charge in [0.25, 0.3) is 5.91 Å². The van der Waals surface area contributed by atoms with Crippen molar-refractivity contribution in [3.05, 3.63) is 41.1 Å². The van der Waals surface area contributed by atoms with Crippen LogP contribution in [0.25, 0.3) is 4.96 Å². The predicted molar refractivity (Wildman–Crippen MR) is 65.5 cm³/mol. The van der Waals surface area contributed by atoms with E-state index in [2.05, 4.69) is 15.4 Å². The molecule has 0 atom stereocenters. The quantitative estimate of drug-likeness (QED) is 0.778. The van der Waals surface area contributed by atoms with Gasteiger partial charge < -0.3 is 9.73 Å². The van der Waals surface area contributed by atoms with Gasteiger partial charge in [0.1, 0.15) is 16.5 Å². The summed E-state index contributed by atoms with van der Waals surface area (Å²) >= 11 is 1.45. The molecule has 3 aromatic heterocycles. The van der Waals surface area contributed by atoms with Crippen molar-refractivity contribution in [1.29, 1.82) is 0 Å². The normalized spacial score (nSPS) is 10.9. The van der Waals surface area contributed by atoms with E-state index in [1.54, 1.807) is 29.1 Å². The minimum absolute atomic E-state index is 0.234. The molecule has 0 aliphatic heterocycles. The molecule has 6 nitrogen and oxygen atoms in total. The summed E-state index contributed by atoms with van der Waals surface area (Å²) in [5, 5.41) is 7.85. The van der Waals surface area contributed by atoms with E-state index in [4.69, 9.17) is 4.42 Å². The van der Waals surface area contributed by atoms with Gasteiger partial charge in [0.05, 0.1) is 19.0 Å². The number of aromatic nitrogens is 3. The van der Waals surface area contributed by atoms with Crippen LogP contribution in [0.1, 0.15) is 21.3 Å². The van der Waals surface area contributed by atoms with Gasteiger partial charge in [0, 0.05) is 0 Å². The lowest BCUT2D eigenvalue weighted by Gasteiger charge is -1.99. The van der Waals surface area contributed by atoms with Crippen molar-refractivity contribution in [2.24, 2.45) is 0 Å². The highest BCUT2D eigenvalue weighted by Crippen LogP contribution is 2.13. The Bertz CT molecular complexity index is 652. The number of carbonyl (C=O) groups is 1. The second kappa shape index (κ2) is 4.26. The summed E-state index contributed by atoms with van der Waals surface area (Å²) in [4.78, 5) is 16.8. The number of carbonyl (C=O) groups excluding carboxylic acids is 1. The van der Waals surface area contributed by atoms with Gasteiger partial charge in [-0.25, -0.2) is 9.50 Å². The molecule has 0 aliphatic carbocycles. The molecule has 3 aromatic rings. The lowest BCUT2D eigenvalue weighted by molar-refractivity contribution is 0.0943. The molecule has 3 rings (SSSR count). The van der Waals surface area contributed by atoms with E-state index in [-0.39, 0.29) is 5.91 Å².